The van der Waals surface area contributed by atoms with E-state index in [2.05, 4.69) is 10.1 Å². The Morgan fingerprint density at radius 1 is 1.07 bits per heavy atom. The quantitative estimate of drug-likeness (QED) is 0.567. The number of carbonyl (C=O) groups is 1. The number of ether oxygens (including phenoxy) is 1. The highest BCUT2D eigenvalue weighted by molar-refractivity contribution is 7.92. The van der Waals surface area contributed by atoms with Crippen LogP contribution in [0.4, 0.5) is 5.69 Å². The number of hydrogen-bond donors (Lipinski definition) is 0. The fourth-order valence-electron chi connectivity index (χ4n) is 2.68. The number of nitrogens with zero attached hydrogens (tertiary/aromatic N) is 4. The lowest BCUT2D eigenvalue weighted by molar-refractivity contribution is 0.0769. The van der Waals surface area contributed by atoms with Crippen LogP contribution in [0, 0.1) is 0 Å². The van der Waals surface area contributed by atoms with Crippen LogP contribution < -0.4 is 9.04 Å². The van der Waals surface area contributed by atoms with Gasteiger partial charge in [-0.3, -0.25) is 9.10 Å². The van der Waals surface area contributed by atoms with E-state index >= 15 is 0 Å². The van der Waals surface area contributed by atoms with Crippen LogP contribution in [0.5, 0.6) is 5.75 Å². The molecule has 0 bridgehead atoms. The minimum Gasteiger partial charge on any atom is -0.497 e. The van der Waals surface area contributed by atoms with Crippen LogP contribution in [0.15, 0.2) is 53.1 Å². The maximum Gasteiger partial charge on any atom is 0.254 e. The largest absolute Gasteiger partial charge is 0.497 e. The molecule has 158 valence electrons. The zero-order chi connectivity index (χ0) is 21.9. The Morgan fingerprint density at radius 2 is 1.70 bits per heavy atom. The first-order valence-electron chi connectivity index (χ1n) is 8.95. The fourth-order valence-corrected chi connectivity index (χ4v) is 3.18. The molecule has 30 heavy (non-hydrogen) atoms. The molecule has 0 N–H and O–H groups in total. The van der Waals surface area contributed by atoms with Crippen molar-refractivity contribution < 1.29 is 22.5 Å². The average Bonchev–Trinajstić information content (AvgIpc) is 3.20. The summed E-state index contributed by atoms with van der Waals surface area (Å²) in [5.74, 6) is 1.18. The first-order chi connectivity index (χ1) is 14.2. The van der Waals surface area contributed by atoms with Gasteiger partial charge in [0.2, 0.25) is 21.7 Å². The summed E-state index contributed by atoms with van der Waals surface area (Å²) in [4.78, 5) is 18.4. The fraction of sp³-hybridized carbons (Fsp3) is 0.250. The molecule has 0 aliphatic carbocycles. The average molecular weight is 430 g/mol. The van der Waals surface area contributed by atoms with Gasteiger partial charge in [0, 0.05) is 25.2 Å². The highest BCUT2D eigenvalue weighted by Gasteiger charge is 2.18. The first kappa shape index (κ1) is 21.3. The molecule has 0 aliphatic heterocycles. The van der Waals surface area contributed by atoms with Gasteiger partial charge in [-0.15, -0.1) is 0 Å². The van der Waals surface area contributed by atoms with Gasteiger partial charge in [-0.05, 0) is 48.5 Å². The summed E-state index contributed by atoms with van der Waals surface area (Å²) in [5, 5.41) is 3.95. The van der Waals surface area contributed by atoms with Crippen molar-refractivity contribution in [2.75, 3.05) is 31.8 Å². The minimum absolute atomic E-state index is 0.132. The molecule has 0 atom stereocenters. The van der Waals surface area contributed by atoms with Gasteiger partial charge < -0.3 is 14.2 Å². The smallest absolute Gasteiger partial charge is 0.254 e. The van der Waals surface area contributed by atoms with Gasteiger partial charge >= 0.3 is 0 Å². The van der Waals surface area contributed by atoms with Crippen molar-refractivity contribution in [3.05, 3.63) is 60.0 Å². The van der Waals surface area contributed by atoms with E-state index in [9.17, 15) is 13.2 Å². The molecule has 0 saturated carbocycles. The predicted molar refractivity (Wildman–Crippen MR) is 112 cm³/mol. The second-order valence-corrected chi connectivity index (χ2v) is 8.69. The van der Waals surface area contributed by atoms with Crippen LogP contribution in [0.3, 0.4) is 0 Å². The van der Waals surface area contributed by atoms with Crippen LogP contribution in [-0.4, -0.2) is 56.8 Å². The number of benzene rings is 2. The molecule has 1 aromatic heterocycles. The molecular formula is C20H22N4O5S. The van der Waals surface area contributed by atoms with Crippen molar-refractivity contribution in [1.29, 1.82) is 0 Å². The number of carbonyl (C=O) groups excluding carboxylic acids is 1. The highest BCUT2D eigenvalue weighted by Crippen LogP contribution is 2.21. The highest BCUT2D eigenvalue weighted by atomic mass is 32.2. The molecule has 0 saturated heterocycles. The summed E-state index contributed by atoms with van der Waals surface area (Å²) in [5.41, 5.74) is 1.65. The maximum atomic E-state index is 12.7. The lowest BCUT2D eigenvalue weighted by Gasteiger charge is -2.18. The lowest BCUT2D eigenvalue weighted by Crippen LogP contribution is -2.27. The van der Waals surface area contributed by atoms with Gasteiger partial charge in [-0.25, -0.2) is 8.42 Å². The second kappa shape index (κ2) is 8.54. The van der Waals surface area contributed by atoms with E-state index in [4.69, 9.17) is 9.26 Å². The molecule has 1 heterocycles. The molecule has 0 spiro atoms. The zero-order valence-electron chi connectivity index (χ0n) is 17.1. The van der Waals surface area contributed by atoms with Gasteiger partial charge in [0.05, 0.1) is 25.6 Å². The Hall–Kier alpha value is -3.40. The molecule has 10 heteroatoms. The number of hydrogen-bond acceptors (Lipinski definition) is 7. The van der Waals surface area contributed by atoms with E-state index in [1.54, 1.807) is 50.6 Å². The maximum absolute atomic E-state index is 12.7. The standard InChI is InChI=1S/C20H22N4O5S/c1-23(20(25)15-5-9-16(10-6-15)24(2)30(4,26)27)13-18-21-19(22-29-18)14-7-11-17(28-3)12-8-14/h5-12H,13H2,1-4H3. The van der Waals surface area contributed by atoms with Crippen molar-refractivity contribution in [3.8, 4) is 17.1 Å². The van der Waals surface area contributed by atoms with Gasteiger partial charge in [0.25, 0.3) is 5.91 Å². The van der Waals surface area contributed by atoms with Crippen molar-refractivity contribution >= 4 is 21.6 Å². The topological polar surface area (TPSA) is 106 Å². The van der Waals surface area contributed by atoms with E-state index in [0.29, 0.717) is 23.0 Å². The van der Waals surface area contributed by atoms with Crippen LogP contribution >= 0.6 is 0 Å². The number of rotatable bonds is 7. The van der Waals surface area contributed by atoms with Crippen LogP contribution in [0.2, 0.25) is 0 Å². The third kappa shape index (κ3) is 4.77. The summed E-state index contributed by atoms with van der Waals surface area (Å²) in [6, 6.07) is 13.5. The lowest BCUT2D eigenvalue weighted by atomic mass is 10.2. The summed E-state index contributed by atoms with van der Waals surface area (Å²) < 4.78 is 34.8. The van der Waals surface area contributed by atoms with Crippen molar-refractivity contribution in [2.45, 2.75) is 6.54 Å². The van der Waals surface area contributed by atoms with Crippen molar-refractivity contribution in [1.82, 2.24) is 15.0 Å². The minimum atomic E-state index is -3.37. The molecule has 0 unspecified atom stereocenters. The molecule has 2 aromatic carbocycles. The zero-order valence-corrected chi connectivity index (χ0v) is 17.9. The number of sulfonamides is 1. The summed E-state index contributed by atoms with van der Waals surface area (Å²) in [6.07, 6.45) is 1.12. The van der Waals surface area contributed by atoms with E-state index in [1.807, 2.05) is 12.1 Å². The Labute approximate surface area is 174 Å². The van der Waals surface area contributed by atoms with Crippen molar-refractivity contribution in [3.63, 3.8) is 0 Å². The molecular weight excluding hydrogens is 408 g/mol. The number of amides is 1. The Kier molecular flexibility index (Phi) is 6.06. The monoisotopic (exact) mass is 430 g/mol. The normalized spacial score (nSPS) is 11.2. The van der Waals surface area contributed by atoms with Gasteiger partial charge in [-0.1, -0.05) is 5.16 Å². The van der Waals surface area contributed by atoms with Crippen LogP contribution in [0.1, 0.15) is 16.2 Å². The molecule has 0 aliphatic rings. The SMILES string of the molecule is COc1ccc(-c2noc(CN(C)C(=O)c3ccc(N(C)S(C)(=O)=O)cc3)n2)cc1. The van der Waals surface area contributed by atoms with E-state index in [-0.39, 0.29) is 12.5 Å². The summed E-state index contributed by atoms with van der Waals surface area (Å²) in [6.45, 7) is 0.132. The van der Waals surface area contributed by atoms with E-state index in [0.717, 1.165) is 21.9 Å². The third-order valence-corrected chi connectivity index (χ3v) is 5.72. The first-order valence-corrected chi connectivity index (χ1v) is 10.8. The number of aromatic nitrogens is 2. The van der Waals surface area contributed by atoms with E-state index in [1.165, 1.54) is 11.9 Å². The van der Waals surface area contributed by atoms with Crippen molar-refractivity contribution in [2.24, 2.45) is 0 Å². The predicted octanol–water partition coefficient (Wildman–Crippen LogP) is 2.41. The van der Waals surface area contributed by atoms with E-state index < -0.39 is 10.0 Å². The van der Waals surface area contributed by atoms with Gasteiger partial charge in [0.1, 0.15) is 5.75 Å². The third-order valence-electron chi connectivity index (χ3n) is 4.51. The van der Waals surface area contributed by atoms with Crippen LogP contribution in [0.25, 0.3) is 11.4 Å². The van der Waals surface area contributed by atoms with Crippen LogP contribution in [-0.2, 0) is 16.6 Å². The molecule has 9 nitrogen and oxygen atoms in total. The number of methoxy groups -OCH3 is 1. The summed E-state index contributed by atoms with van der Waals surface area (Å²) >= 11 is 0. The molecule has 1 amide bonds. The molecule has 0 radical (unpaired) electrons. The summed E-state index contributed by atoms with van der Waals surface area (Å²) in [7, 11) is 1.30. The Balaban J connectivity index is 1.68. The number of anilines is 1. The molecule has 3 aromatic rings. The Bertz CT molecular complexity index is 1120. The second-order valence-electron chi connectivity index (χ2n) is 6.68. The molecule has 3 rings (SSSR count). The molecule has 0 fully saturated rings. The van der Waals surface area contributed by atoms with Gasteiger partial charge in [-0.2, -0.15) is 4.98 Å². The van der Waals surface area contributed by atoms with Gasteiger partial charge in [0.15, 0.2) is 0 Å². The Morgan fingerprint density at radius 3 is 2.27 bits per heavy atom.